The van der Waals surface area contributed by atoms with Crippen molar-refractivity contribution in [2.24, 2.45) is 0 Å². The van der Waals surface area contributed by atoms with E-state index >= 15 is 0 Å². The Kier molecular flexibility index (Phi) is 3.89. The summed E-state index contributed by atoms with van der Waals surface area (Å²) in [6.07, 6.45) is 1.18. The van der Waals surface area contributed by atoms with Crippen LogP contribution in [0.1, 0.15) is 32.1 Å². The summed E-state index contributed by atoms with van der Waals surface area (Å²) in [5.41, 5.74) is 2.14. The van der Waals surface area contributed by atoms with E-state index in [0.717, 1.165) is 15.6 Å². The molecule has 1 heterocycles. The van der Waals surface area contributed by atoms with Crippen LogP contribution < -0.4 is 5.32 Å². The summed E-state index contributed by atoms with van der Waals surface area (Å²) in [6, 6.07) is 3.79. The minimum Gasteiger partial charge on any atom is -0.477 e. The SMILES string of the molecule is Cc1cc(C)c(NC(=O)c2nc[nH]c2C(=O)O)c(Br)c1. The molecule has 2 rings (SSSR count). The lowest BCUT2D eigenvalue weighted by Gasteiger charge is -2.11. The predicted octanol–water partition coefficient (Wildman–Crippen LogP) is 2.74. The van der Waals surface area contributed by atoms with E-state index in [2.05, 4.69) is 31.2 Å². The molecule has 0 saturated heterocycles. The minimum absolute atomic E-state index is 0.149. The van der Waals surface area contributed by atoms with Crippen LogP contribution in [0.15, 0.2) is 22.9 Å². The summed E-state index contributed by atoms with van der Waals surface area (Å²) in [5, 5.41) is 11.6. The zero-order valence-corrected chi connectivity index (χ0v) is 12.4. The number of nitrogens with one attached hydrogen (secondary N) is 2. The van der Waals surface area contributed by atoms with Gasteiger partial charge in [-0.05, 0) is 47.0 Å². The molecule has 104 valence electrons. The maximum absolute atomic E-state index is 12.1. The number of halogens is 1. The summed E-state index contributed by atoms with van der Waals surface area (Å²) >= 11 is 3.38. The van der Waals surface area contributed by atoms with E-state index in [4.69, 9.17) is 5.11 Å². The number of aryl methyl sites for hydroxylation is 2. The van der Waals surface area contributed by atoms with Crippen LogP contribution in [0, 0.1) is 13.8 Å². The van der Waals surface area contributed by atoms with Crippen LogP contribution in [-0.4, -0.2) is 27.0 Å². The summed E-state index contributed by atoms with van der Waals surface area (Å²) in [5.74, 6) is -1.80. The predicted molar refractivity (Wildman–Crippen MR) is 77.1 cm³/mol. The average Bonchev–Trinajstić information content (AvgIpc) is 2.82. The number of amides is 1. The largest absolute Gasteiger partial charge is 0.477 e. The standard InChI is InChI=1S/C13H12BrN3O3/c1-6-3-7(2)9(8(14)4-6)17-12(18)10-11(13(19)20)16-5-15-10/h3-5H,1-2H3,(H,15,16)(H,17,18)(H,19,20). The number of carboxylic acids is 1. The first kappa shape index (κ1) is 14.3. The number of carbonyl (C=O) groups excluding carboxylic acids is 1. The van der Waals surface area contributed by atoms with Gasteiger partial charge in [0, 0.05) is 4.47 Å². The lowest BCUT2D eigenvalue weighted by Crippen LogP contribution is -2.17. The van der Waals surface area contributed by atoms with Crippen molar-refractivity contribution in [2.45, 2.75) is 13.8 Å². The summed E-state index contributed by atoms with van der Waals surface area (Å²) in [6.45, 7) is 3.80. The van der Waals surface area contributed by atoms with E-state index in [-0.39, 0.29) is 11.4 Å². The van der Waals surface area contributed by atoms with Gasteiger partial charge in [0.2, 0.25) is 0 Å². The van der Waals surface area contributed by atoms with Crippen molar-refractivity contribution in [1.29, 1.82) is 0 Å². The van der Waals surface area contributed by atoms with Gasteiger partial charge < -0.3 is 15.4 Å². The highest BCUT2D eigenvalue weighted by Crippen LogP contribution is 2.28. The minimum atomic E-state index is -1.23. The number of nitrogens with zero attached hydrogens (tertiary/aromatic N) is 1. The van der Waals surface area contributed by atoms with Crippen molar-refractivity contribution >= 4 is 33.5 Å². The maximum atomic E-state index is 12.1. The highest BCUT2D eigenvalue weighted by molar-refractivity contribution is 9.10. The molecule has 0 saturated carbocycles. The first-order valence-corrected chi connectivity index (χ1v) is 6.54. The van der Waals surface area contributed by atoms with Gasteiger partial charge in [-0.15, -0.1) is 0 Å². The zero-order valence-electron chi connectivity index (χ0n) is 10.8. The number of aromatic nitrogens is 2. The van der Waals surface area contributed by atoms with Crippen LogP contribution in [0.2, 0.25) is 0 Å². The van der Waals surface area contributed by atoms with E-state index < -0.39 is 11.9 Å². The van der Waals surface area contributed by atoms with Crippen LogP contribution in [0.4, 0.5) is 5.69 Å². The molecule has 0 radical (unpaired) electrons. The molecule has 2 aromatic rings. The molecule has 3 N–H and O–H groups in total. The molecule has 0 bridgehead atoms. The Morgan fingerprint density at radius 1 is 1.35 bits per heavy atom. The Bertz CT molecular complexity index is 671. The number of carboxylic acid groups (broad SMARTS) is 1. The lowest BCUT2D eigenvalue weighted by molar-refractivity contribution is 0.0686. The second kappa shape index (κ2) is 5.46. The first-order chi connectivity index (χ1) is 9.40. The topological polar surface area (TPSA) is 95.1 Å². The van der Waals surface area contributed by atoms with Crippen molar-refractivity contribution < 1.29 is 14.7 Å². The van der Waals surface area contributed by atoms with Crippen molar-refractivity contribution in [2.75, 3.05) is 5.32 Å². The van der Waals surface area contributed by atoms with Gasteiger partial charge in [0.05, 0.1) is 12.0 Å². The van der Waals surface area contributed by atoms with Gasteiger partial charge in [-0.3, -0.25) is 4.79 Å². The molecule has 0 fully saturated rings. The van der Waals surface area contributed by atoms with Gasteiger partial charge in [-0.25, -0.2) is 9.78 Å². The maximum Gasteiger partial charge on any atom is 0.354 e. The highest BCUT2D eigenvalue weighted by atomic mass is 79.9. The van der Waals surface area contributed by atoms with Crippen LogP contribution in [0.5, 0.6) is 0 Å². The third-order valence-electron chi connectivity index (χ3n) is 2.74. The second-order valence-corrected chi connectivity index (χ2v) is 5.18. The third kappa shape index (κ3) is 2.72. The molecule has 0 aliphatic heterocycles. The molecule has 1 amide bonds. The first-order valence-electron chi connectivity index (χ1n) is 5.75. The molecule has 1 aromatic heterocycles. The van der Waals surface area contributed by atoms with Crippen LogP contribution in [-0.2, 0) is 0 Å². The Labute approximate surface area is 123 Å². The van der Waals surface area contributed by atoms with Gasteiger partial charge in [-0.1, -0.05) is 6.07 Å². The highest BCUT2D eigenvalue weighted by Gasteiger charge is 2.20. The van der Waals surface area contributed by atoms with E-state index in [1.165, 1.54) is 6.33 Å². The number of carbonyl (C=O) groups is 2. The molecule has 0 spiro atoms. The average molecular weight is 338 g/mol. The van der Waals surface area contributed by atoms with Gasteiger partial charge in [0.25, 0.3) is 5.91 Å². The molecule has 20 heavy (non-hydrogen) atoms. The molecular weight excluding hydrogens is 326 g/mol. The quantitative estimate of drug-likeness (QED) is 0.802. The monoisotopic (exact) mass is 337 g/mol. The van der Waals surface area contributed by atoms with Crippen molar-refractivity contribution in [1.82, 2.24) is 9.97 Å². The van der Waals surface area contributed by atoms with E-state index in [9.17, 15) is 9.59 Å². The molecule has 1 aromatic carbocycles. The number of H-pyrrole nitrogens is 1. The normalized spacial score (nSPS) is 10.3. The van der Waals surface area contributed by atoms with E-state index in [1.807, 2.05) is 26.0 Å². The Morgan fingerprint density at radius 3 is 2.65 bits per heavy atom. The fourth-order valence-corrected chi connectivity index (χ4v) is 2.65. The fraction of sp³-hybridized carbons (Fsp3) is 0.154. The molecule has 0 aliphatic carbocycles. The third-order valence-corrected chi connectivity index (χ3v) is 3.36. The number of anilines is 1. The van der Waals surface area contributed by atoms with Gasteiger partial charge in [0.15, 0.2) is 11.4 Å². The zero-order chi connectivity index (χ0) is 14.9. The Hall–Kier alpha value is -2.15. The number of benzene rings is 1. The number of aromatic carboxylic acids is 1. The van der Waals surface area contributed by atoms with Crippen molar-refractivity contribution in [3.8, 4) is 0 Å². The number of imidazole rings is 1. The van der Waals surface area contributed by atoms with Gasteiger partial charge >= 0.3 is 5.97 Å². The molecule has 0 atom stereocenters. The van der Waals surface area contributed by atoms with Crippen LogP contribution in [0.3, 0.4) is 0 Å². The van der Waals surface area contributed by atoms with E-state index in [1.54, 1.807) is 0 Å². The molecule has 6 nitrogen and oxygen atoms in total. The number of hydrogen-bond acceptors (Lipinski definition) is 3. The fourth-order valence-electron chi connectivity index (χ4n) is 1.88. The molecule has 7 heteroatoms. The Morgan fingerprint density at radius 2 is 2.05 bits per heavy atom. The van der Waals surface area contributed by atoms with Crippen molar-refractivity contribution in [3.05, 3.63) is 45.4 Å². The van der Waals surface area contributed by atoms with Gasteiger partial charge in [-0.2, -0.15) is 0 Å². The number of aromatic amines is 1. The van der Waals surface area contributed by atoms with Crippen LogP contribution >= 0.6 is 15.9 Å². The smallest absolute Gasteiger partial charge is 0.354 e. The van der Waals surface area contributed by atoms with Crippen LogP contribution in [0.25, 0.3) is 0 Å². The van der Waals surface area contributed by atoms with Crippen molar-refractivity contribution in [3.63, 3.8) is 0 Å². The molecule has 0 aliphatic rings. The molecule has 0 unspecified atom stereocenters. The van der Waals surface area contributed by atoms with E-state index in [0.29, 0.717) is 5.69 Å². The summed E-state index contributed by atoms with van der Waals surface area (Å²) < 4.78 is 0.732. The molecular formula is C13H12BrN3O3. The number of rotatable bonds is 3. The second-order valence-electron chi connectivity index (χ2n) is 4.32. The van der Waals surface area contributed by atoms with Gasteiger partial charge in [0.1, 0.15) is 0 Å². The summed E-state index contributed by atoms with van der Waals surface area (Å²) in [7, 11) is 0. The number of hydrogen-bond donors (Lipinski definition) is 3. The lowest BCUT2D eigenvalue weighted by atomic mass is 10.1. The summed E-state index contributed by atoms with van der Waals surface area (Å²) in [4.78, 5) is 29.2. The Balaban J connectivity index is 2.33.